The number of nitrogens with zero attached hydrogens (tertiary/aromatic N) is 4. The molecule has 2 atom stereocenters. The highest BCUT2D eigenvalue weighted by Gasteiger charge is 2.62. The maximum absolute atomic E-state index is 13.2. The largest absolute Gasteiger partial charge is 0.471 e. The Labute approximate surface area is 165 Å². The van der Waals surface area contributed by atoms with Crippen molar-refractivity contribution in [1.82, 2.24) is 4.90 Å². The molecule has 0 unspecified atom stereocenters. The zero-order valence-electron chi connectivity index (χ0n) is 15.3. The lowest BCUT2D eigenvalue weighted by atomic mass is 9.74. The second-order valence-electron chi connectivity index (χ2n) is 7.44. The summed E-state index contributed by atoms with van der Waals surface area (Å²) in [5.74, 6) is -1.79. The topological polar surface area (TPSA) is 48.3 Å². The smallest absolute Gasteiger partial charge is 0.358 e. The van der Waals surface area contributed by atoms with E-state index in [0.29, 0.717) is 13.0 Å². The average Bonchev–Trinajstić information content (AvgIpc) is 3.23. The molecule has 29 heavy (non-hydrogen) atoms. The molecular weight excluding hydrogens is 381 g/mol. The first-order valence-corrected chi connectivity index (χ1v) is 9.33. The van der Waals surface area contributed by atoms with E-state index in [1.165, 1.54) is 0 Å². The minimum absolute atomic E-state index is 0.0372. The highest BCUT2D eigenvalue weighted by Crippen LogP contribution is 2.53. The van der Waals surface area contributed by atoms with Crippen LogP contribution in [0.15, 0.2) is 64.8 Å². The Hall–Kier alpha value is -3.16. The van der Waals surface area contributed by atoms with Gasteiger partial charge in [-0.1, -0.05) is 48.5 Å². The van der Waals surface area contributed by atoms with Crippen LogP contribution in [0.5, 0.6) is 0 Å². The van der Waals surface area contributed by atoms with Crippen LogP contribution in [0.4, 0.5) is 18.9 Å². The number of amidine groups is 1. The van der Waals surface area contributed by atoms with Gasteiger partial charge < -0.3 is 4.90 Å². The quantitative estimate of drug-likeness (QED) is 0.778. The van der Waals surface area contributed by atoms with Gasteiger partial charge in [-0.25, -0.2) is 0 Å². The van der Waals surface area contributed by atoms with Crippen molar-refractivity contribution in [2.24, 2.45) is 10.2 Å². The highest BCUT2D eigenvalue weighted by atomic mass is 19.4. The molecular formula is C21H17F3N4O. The van der Waals surface area contributed by atoms with Crippen LogP contribution >= 0.6 is 0 Å². The number of benzene rings is 2. The molecule has 3 aliphatic heterocycles. The molecule has 1 amide bonds. The standard InChI is InChI=1S/C21H17F3N4O/c22-21(23,24)19(29)27-11-10-20-15-8-4-5-9-16(15)28(13-14-6-2-1-3-7-14)17(20)12-25-26-18(20)27/h1-9,12,17H,10-11,13H2/t17-,20-/m0/s1. The summed E-state index contributed by atoms with van der Waals surface area (Å²) in [5.41, 5.74) is 2.10. The number of para-hydroxylation sites is 1. The van der Waals surface area contributed by atoms with Gasteiger partial charge in [-0.05, 0) is 23.6 Å². The highest BCUT2D eigenvalue weighted by molar-refractivity contribution is 6.12. The Morgan fingerprint density at radius 3 is 2.59 bits per heavy atom. The number of anilines is 1. The molecule has 0 N–H and O–H groups in total. The number of hydrogen-bond donors (Lipinski definition) is 0. The molecule has 1 fully saturated rings. The number of carbonyl (C=O) groups excluding carboxylic acids is 1. The maximum Gasteiger partial charge on any atom is 0.471 e. The van der Waals surface area contributed by atoms with Crippen LogP contribution in [-0.2, 0) is 16.8 Å². The van der Waals surface area contributed by atoms with Gasteiger partial charge in [0, 0.05) is 18.8 Å². The van der Waals surface area contributed by atoms with Crippen LogP contribution in [0.3, 0.4) is 0 Å². The van der Waals surface area contributed by atoms with Crippen LogP contribution in [0.1, 0.15) is 17.5 Å². The number of rotatable bonds is 2. The summed E-state index contributed by atoms with van der Waals surface area (Å²) < 4.78 is 39.5. The van der Waals surface area contributed by atoms with Crippen molar-refractivity contribution in [3.05, 3.63) is 65.7 Å². The van der Waals surface area contributed by atoms with E-state index in [1.54, 1.807) is 6.21 Å². The van der Waals surface area contributed by atoms with Gasteiger partial charge in [0.25, 0.3) is 0 Å². The van der Waals surface area contributed by atoms with Crippen LogP contribution in [-0.4, -0.2) is 41.6 Å². The molecule has 0 bridgehead atoms. The summed E-state index contributed by atoms with van der Waals surface area (Å²) in [5, 5.41) is 8.05. The lowest BCUT2D eigenvalue weighted by Gasteiger charge is -2.36. The third-order valence-corrected chi connectivity index (χ3v) is 5.96. The summed E-state index contributed by atoms with van der Waals surface area (Å²) in [6.45, 7) is 0.543. The normalized spacial score (nSPS) is 24.8. The zero-order chi connectivity index (χ0) is 20.2. The van der Waals surface area contributed by atoms with Crippen molar-refractivity contribution in [2.45, 2.75) is 30.6 Å². The summed E-state index contributed by atoms with van der Waals surface area (Å²) >= 11 is 0. The molecule has 5 nitrogen and oxygen atoms in total. The van der Waals surface area contributed by atoms with Gasteiger partial charge in [-0.3, -0.25) is 9.69 Å². The van der Waals surface area contributed by atoms with Crippen molar-refractivity contribution >= 4 is 23.6 Å². The molecule has 2 aromatic rings. The number of alkyl halides is 3. The summed E-state index contributed by atoms with van der Waals surface area (Å²) in [7, 11) is 0. The van der Waals surface area contributed by atoms with Gasteiger partial charge in [0.05, 0.1) is 17.7 Å². The molecule has 1 saturated heterocycles. The minimum atomic E-state index is -4.95. The number of amides is 1. The first-order chi connectivity index (χ1) is 13.9. The van der Waals surface area contributed by atoms with E-state index >= 15 is 0 Å². The fourth-order valence-electron chi connectivity index (χ4n) is 4.77. The van der Waals surface area contributed by atoms with E-state index in [9.17, 15) is 18.0 Å². The average molecular weight is 398 g/mol. The van der Waals surface area contributed by atoms with E-state index < -0.39 is 17.5 Å². The molecule has 148 valence electrons. The molecule has 2 aromatic carbocycles. The van der Waals surface area contributed by atoms with E-state index in [-0.39, 0.29) is 18.4 Å². The first-order valence-electron chi connectivity index (χ1n) is 9.33. The van der Waals surface area contributed by atoms with Gasteiger partial charge in [0.2, 0.25) is 0 Å². The number of hydrogen-bond acceptors (Lipinski definition) is 4. The predicted octanol–water partition coefficient (Wildman–Crippen LogP) is 3.51. The molecule has 8 heteroatoms. The van der Waals surface area contributed by atoms with Gasteiger partial charge in [0.1, 0.15) is 5.84 Å². The Morgan fingerprint density at radius 2 is 1.83 bits per heavy atom. The first kappa shape index (κ1) is 17.9. The monoisotopic (exact) mass is 398 g/mol. The molecule has 3 heterocycles. The maximum atomic E-state index is 13.2. The van der Waals surface area contributed by atoms with Crippen molar-refractivity contribution in [3.63, 3.8) is 0 Å². The van der Waals surface area contributed by atoms with Crippen LogP contribution < -0.4 is 4.90 Å². The fourth-order valence-corrected chi connectivity index (χ4v) is 4.77. The lowest BCUT2D eigenvalue weighted by Crippen LogP contribution is -2.54. The summed E-state index contributed by atoms with van der Waals surface area (Å²) in [4.78, 5) is 14.9. The molecule has 5 rings (SSSR count). The third kappa shape index (κ3) is 2.51. The molecule has 0 radical (unpaired) electrons. The van der Waals surface area contributed by atoms with Crippen molar-refractivity contribution in [2.75, 3.05) is 11.4 Å². The molecule has 3 aliphatic rings. The Morgan fingerprint density at radius 1 is 1.10 bits per heavy atom. The van der Waals surface area contributed by atoms with E-state index in [2.05, 4.69) is 15.1 Å². The molecule has 1 spiro atoms. The fraction of sp³-hybridized carbons (Fsp3) is 0.286. The SMILES string of the molecule is O=C(N1CC[C@@]23C1=NN=C[C@@H]2N(Cc1ccccc1)c1ccccc13)C(F)(F)F. The molecule has 0 aromatic heterocycles. The van der Waals surface area contributed by atoms with Crippen LogP contribution in [0, 0.1) is 0 Å². The lowest BCUT2D eigenvalue weighted by molar-refractivity contribution is -0.180. The summed E-state index contributed by atoms with van der Waals surface area (Å²) in [6.07, 6.45) is -2.90. The van der Waals surface area contributed by atoms with Gasteiger partial charge in [-0.15, -0.1) is 5.10 Å². The van der Waals surface area contributed by atoms with Crippen molar-refractivity contribution in [1.29, 1.82) is 0 Å². The van der Waals surface area contributed by atoms with Crippen LogP contribution in [0.25, 0.3) is 0 Å². The van der Waals surface area contributed by atoms with Gasteiger partial charge in [-0.2, -0.15) is 18.3 Å². The molecule has 0 saturated carbocycles. The second kappa shape index (κ2) is 6.17. The Bertz CT molecular complexity index is 1030. The van der Waals surface area contributed by atoms with Gasteiger partial charge in [0.15, 0.2) is 0 Å². The number of carbonyl (C=O) groups is 1. The van der Waals surface area contributed by atoms with E-state index in [1.807, 2.05) is 54.6 Å². The Kier molecular flexibility index (Phi) is 3.81. The zero-order valence-corrected chi connectivity index (χ0v) is 15.3. The second-order valence-corrected chi connectivity index (χ2v) is 7.44. The third-order valence-electron chi connectivity index (χ3n) is 5.96. The number of likely N-dealkylation sites (tertiary alicyclic amines) is 1. The summed E-state index contributed by atoms with van der Waals surface area (Å²) in [6, 6.07) is 17.2. The van der Waals surface area contributed by atoms with E-state index in [4.69, 9.17) is 0 Å². The Balaban J connectivity index is 1.61. The minimum Gasteiger partial charge on any atom is -0.358 e. The van der Waals surface area contributed by atoms with E-state index in [0.717, 1.165) is 21.7 Å². The van der Waals surface area contributed by atoms with Gasteiger partial charge >= 0.3 is 12.1 Å². The molecule has 0 aliphatic carbocycles. The van der Waals surface area contributed by atoms with Crippen molar-refractivity contribution in [3.8, 4) is 0 Å². The van der Waals surface area contributed by atoms with Crippen LogP contribution in [0.2, 0.25) is 0 Å². The number of halogens is 3. The predicted molar refractivity (Wildman–Crippen MR) is 103 cm³/mol. The number of fused-ring (bicyclic) bond motifs is 1. The van der Waals surface area contributed by atoms with Crippen molar-refractivity contribution < 1.29 is 18.0 Å².